The third kappa shape index (κ3) is 5.91. The Kier molecular flexibility index (Phi) is 8.49. The molecular weight excluding hydrogens is 598 g/mol. The van der Waals surface area contributed by atoms with E-state index >= 15 is 0 Å². The van der Waals surface area contributed by atoms with Crippen LogP contribution >= 0.6 is 11.6 Å². The number of aliphatic hydroxyl groups excluding tert-OH is 1. The Morgan fingerprint density at radius 3 is 2.39 bits per heavy atom. The minimum Gasteiger partial charge on any atom is -0.494 e. The first-order chi connectivity index (χ1) is 20.7. The molecule has 3 atom stereocenters. The van der Waals surface area contributed by atoms with E-state index in [4.69, 9.17) is 16.3 Å². The summed E-state index contributed by atoms with van der Waals surface area (Å²) in [5.74, 6) is -3.57. The predicted octanol–water partition coefficient (Wildman–Crippen LogP) is 2.35. The van der Waals surface area contributed by atoms with E-state index < -0.39 is 29.3 Å². The van der Waals surface area contributed by atoms with Gasteiger partial charge in [0.15, 0.2) is 17.6 Å². The number of aliphatic imine (C=N–C) groups is 2. The normalized spacial score (nSPS) is 24.3. The van der Waals surface area contributed by atoms with Crippen LogP contribution in [0.2, 0.25) is 5.02 Å². The zero-order chi connectivity index (χ0) is 32.0. The standard InChI is InChI=1S/C30H33ClF2N6O5/c1-30(34-15-22(36-30)20-7-8-24(44-4)26(33)25(20)32)29(43)35-17-5-6-19(21(31)13-17)27(41)37-9-11-38(12-10-37)28(42)23-14-18(40)16-39(23,2)3/h5-8,13,15,18,23,40H,9-12,14,16H2,1-4H3/p+1/t18-,23-,30?/m0/s1. The lowest BCUT2D eigenvalue weighted by molar-refractivity contribution is -0.894. The molecule has 0 aliphatic carbocycles. The minimum atomic E-state index is -1.65. The number of nitrogens with zero attached hydrogens (tertiary/aromatic N) is 5. The van der Waals surface area contributed by atoms with Gasteiger partial charge in [0.25, 0.3) is 17.7 Å². The largest absolute Gasteiger partial charge is 0.494 e. The maximum absolute atomic E-state index is 14.6. The molecule has 2 aromatic rings. The Hall–Kier alpha value is -3.94. The number of benzene rings is 2. The van der Waals surface area contributed by atoms with Crippen LogP contribution in [-0.4, -0.2) is 121 Å². The molecule has 3 aliphatic rings. The molecule has 2 fully saturated rings. The molecule has 3 heterocycles. The molecule has 14 heteroatoms. The van der Waals surface area contributed by atoms with E-state index in [-0.39, 0.29) is 51.2 Å². The number of rotatable bonds is 6. The van der Waals surface area contributed by atoms with Crippen molar-refractivity contribution in [1.82, 2.24) is 9.80 Å². The molecule has 44 heavy (non-hydrogen) atoms. The van der Waals surface area contributed by atoms with Gasteiger partial charge in [-0.15, -0.1) is 0 Å². The second-order valence-corrected chi connectivity index (χ2v) is 12.3. The monoisotopic (exact) mass is 631 g/mol. The number of likely N-dealkylation sites (N-methyl/N-ethyl adjacent to an activating group) is 1. The van der Waals surface area contributed by atoms with Gasteiger partial charge in [0.05, 0.1) is 43.7 Å². The molecule has 11 nitrogen and oxygen atoms in total. The molecule has 0 radical (unpaired) electrons. The van der Waals surface area contributed by atoms with Crippen LogP contribution in [-0.2, 0) is 9.59 Å². The maximum Gasteiger partial charge on any atom is 0.281 e. The zero-order valence-corrected chi connectivity index (χ0v) is 25.6. The van der Waals surface area contributed by atoms with Crippen molar-refractivity contribution in [1.29, 1.82) is 0 Å². The molecular formula is C30H34ClF2N6O5+. The van der Waals surface area contributed by atoms with Gasteiger partial charge < -0.3 is 29.4 Å². The maximum atomic E-state index is 14.6. The molecule has 1 unspecified atom stereocenters. The number of methoxy groups -OCH3 is 1. The van der Waals surface area contributed by atoms with E-state index in [1.807, 2.05) is 14.1 Å². The summed E-state index contributed by atoms with van der Waals surface area (Å²) in [5.41, 5.74) is -1.30. The summed E-state index contributed by atoms with van der Waals surface area (Å²) in [4.78, 5) is 51.2. The van der Waals surface area contributed by atoms with Crippen LogP contribution in [0, 0.1) is 11.6 Å². The Balaban J connectivity index is 1.21. The van der Waals surface area contributed by atoms with Gasteiger partial charge in [-0.1, -0.05) is 11.6 Å². The first-order valence-electron chi connectivity index (χ1n) is 14.1. The first kappa shape index (κ1) is 31.5. The highest BCUT2D eigenvalue weighted by Crippen LogP contribution is 2.29. The summed E-state index contributed by atoms with van der Waals surface area (Å²) < 4.78 is 34.0. The van der Waals surface area contributed by atoms with Crippen LogP contribution in [0.4, 0.5) is 14.5 Å². The molecule has 234 valence electrons. The number of anilines is 1. The van der Waals surface area contributed by atoms with Gasteiger partial charge in [-0.05, 0) is 37.3 Å². The van der Waals surface area contributed by atoms with Crippen LogP contribution in [0.15, 0.2) is 40.3 Å². The van der Waals surface area contributed by atoms with Crippen LogP contribution in [0.1, 0.15) is 29.3 Å². The molecule has 2 N–H and O–H groups in total. The van der Waals surface area contributed by atoms with Gasteiger partial charge in [-0.3, -0.25) is 19.4 Å². The lowest BCUT2D eigenvalue weighted by Gasteiger charge is -2.38. The van der Waals surface area contributed by atoms with E-state index in [9.17, 15) is 28.3 Å². The number of halogens is 3. The molecule has 0 spiro atoms. The number of nitrogens with one attached hydrogen (secondary N) is 1. The van der Waals surface area contributed by atoms with Crippen molar-refractivity contribution in [2.24, 2.45) is 9.98 Å². The number of carbonyl (C=O) groups is 3. The molecule has 0 aromatic heterocycles. The van der Waals surface area contributed by atoms with E-state index in [1.165, 1.54) is 50.6 Å². The van der Waals surface area contributed by atoms with Crippen LogP contribution in [0.3, 0.4) is 0 Å². The van der Waals surface area contributed by atoms with Crippen molar-refractivity contribution in [3.63, 3.8) is 0 Å². The smallest absolute Gasteiger partial charge is 0.281 e. The van der Waals surface area contributed by atoms with Gasteiger partial charge >= 0.3 is 0 Å². The fraction of sp³-hybridized carbons (Fsp3) is 0.433. The van der Waals surface area contributed by atoms with E-state index in [2.05, 4.69) is 15.3 Å². The van der Waals surface area contributed by atoms with E-state index in [0.29, 0.717) is 43.6 Å². The van der Waals surface area contributed by atoms with Gasteiger partial charge in [-0.2, -0.15) is 4.39 Å². The van der Waals surface area contributed by atoms with Gasteiger partial charge in [0, 0.05) is 43.9 Å². The Morgan fingerprint density at radius 2 is 1.77 bits per heavy atom. The highest BCUT2D eigenvalue weighted by molar-refractivity contribution is 6.40. The summed E-state index contributed by atoms with van der Waals surface area (Å²) in [6.07, 6.45) is 1.11. The van der Waals surface area contributed by atoms with Gasteiger partial charge in [0.2, 0.25) is 11.5 Å². The molecule has 0 saturated carbocycles. The average Bonchev–Trinajstić information content (AvgIpc) is 3.52. The quantitative estimate of drug-likeness (QED) is 0.474. The number of carbonyl (C=O) groups excluding carboxylic acids is 3. The first-order valence-corrected chi connectivity index (χ1v) is 14.5. The Morgan fingerprint density at radius 1 is 1.09 bits per heavy atom. The van der Waals surface area contributed by atoms with E-state index in [0.717, 1.165) is 0 Å². The summed E-state index contributed by atoms with van der Waals surface area (Å²) in [6, 6.07) is 6.69. The fourth-order valence-electron chi connectivity index (χ4n) is 5.82. The van der Waals surface area contributed by atoms with E-state index in [1.54, 1.807) is 9.80 Å². The Bertz CT molecular complexity index is 1580. The minimum absolute atomic E-state index is 0.00825. The second kappa shape index (κ2) is 11.9. The number of aliphatic hydroxyl groups is 1. The average molecular weight is 632 g/mol. The van der Waals surface area contributed by atoms with Crippen molar-refractivity contribution in [3.05, 3.63) is 58.1 Å². The molecule has 2 aromatic carbocycles. The molecule has 5 rings (SSSR count). The third-order valence-corrected chi connectivity index (χ3v) is 8.70. The summed E-state index contributed by atoms with van der Waals surface area (Å²) in [6.45, 7) is 3.35. The molecule has 3 aliphatic heterocycles. The SMILES string of the molecule is COc1ccc(C2=NC(C)(C(=O)Nc3ccc(C(=O)N4CCN(C(=O)[C@@H]5C[C@H](O)C[N+]5(C)C)CC4)c(Cl)c3)N=C2)c(F)c1F. The highest BCUT2D eigenvalue weighted by atomic mass is 35.5. The predicted molar refractivity (Wildman–Crippen MR) is 160 cm³/mol. The number of hydrogen-bond donors (Lipinski definition) is 2. The number of quaternary nitrogens is 1. The Labute approximate surface area is 258 Å². The van der Waals surface area contributed by atoms with Crippen molar-refractivity contribution in [2.75, 3.05) is 59.2 Å². The number of likely N-dealkylation sites (tertiary alicyclic amines) is 1. The number of amides is 3. The summed E-state index contributed by atoms with van der Waals surface area (Å²) >= 11 is 6.46. The molecule has 2 saturated heterocycles. The number of piperazine rings is 1. The lowest BCUT2D eigenvalue weighted by Crippen LogP contribution is -2.58. The van der Waals surface area contributed by atoms with Gasteiger partial charge in [-0.25, -0.2) is 9.38 Å². The second-order valence-electron chi connectivity index (χ2n) is 11.9. The fourth-order valence-corrected chi connectivity index (χ4v) is 6.08. The topological polar surface area (TPSA) is 124 Å². The summed E-state index contributed by atoms with van der Waals surface area (Å²) in [5, 5.41) is 12.8. The van der Waals surface area contributed by atoms with Crippen molar-refractivity contribution in [2.45, 2.75) is 31.2 Å². The van der Waals surface area contributed by atoms with Crippen molar-refractivity contribution in [3.8, 4) is 5.75 Å². The highest BCUT2D eigenvalue weighted by Gasteiger charge is 2.46. The molecule has 3 amide bonds. The molecule has 0 bridgehead atoms. The van der Waals surface area contributed by atoms with Gasteiger partial charge in [0.1, 0.15) is 12.6 Å². The van der Waals surface area contributed by atoms with Crippen LogP contribution in [0.5, 0.6) is 5.75 Å². The van der Waals surface area contributed by atoms with Crippen molar-refractivity contribution < 1.29 is 37.5 Å². The van der Waals surface area contributed by atoms with Crippen LogP contribution < -0.4 is 10.1 Å². The number of ether oxygens (including phenoxy) is 1. The third-order valence-electron chi connectivity index (χ3n) is 8.39. The van der Waals surface area contributed by atoms with Crippen LogP contribution in [0.25, 0.3) is 0 Å². The van der Waals surface area contributed by atoms with Crippen molar-refractivity contribution >= 4 is 46.9 Å². The number of hydrogen-bond acceptors (Lipinski definition) is 7. The zero-order valence-electron chi connectivity index (χ0n) is 24.8. The summed E-state index contributed by atoms with van der Waals surface area (Å²) in [7, 11) is 5.09. The lowest BCUT2D eigenvalue weighted by atomic mass is 10.1.